The maximum Gasteiger partial charge on any atom is 0.537 e. The van der Waals surface area contributed by atoms with Crippen LogP contribution in [-0.2, 0) is 4.89 Å². The van der Waals surface area contributed by atoms with Gasteiger partial charge in [0.05, 0.1) is 0 Å². The van der Waals surface area contributed by atoms with Crippen molar-refractivity contribution in [3.8, 4) is 0 Å². The zero-order valence-electron chi connectivity index (χ0n) is 2.71. The zero-order valence-corrected chi connectivity index (χ0v) is 5.85. The van der Waals surface area contributed by atoms with Crippen LogP contribution in [0.1, 0.15) is 0 Å². The van der Waals surface area contributed by atoms with Crippen LogP contribution in [-0.4, -0.2) is 16.5 Å². The van der Waals surface area contributed by atoms with Crippen molar-refractivity contribution >= 4 is 6.16 Å². The van der Waals surface area contributed by atoms with E-state index in [1.807, 2.05) is 0 Å². The van der Waals surface area contributed by atoms with Gasteiger partial charge in [-0.05, 0) is 0 Å². The van der Waals surface area contributed by atoms with Gasteiger partial charge in [-0.1, -0.05) is 0 Å². The van der Waals surface area contributed by atoms with Crippen LogP contribution in [0.25, 0.3) is 0 Å². The van der Waals surface area contributed by atoms with Crippen molar-refractivity contribution in [2.24, 2.45) is 0 Å². The Morgan fingerprint density at radius 1 is 1.67 bits per heavy atom. The maximum atomic E-state index is 8.90. The Kier molecular flexibility index (Phi) is 9.14. The van der Waals surface area contributed by atoms with E-state index >= 15 is 0 Å². The summed E-state index contributed by atoms with van der Waals surface area (Å²) in [5, 5.41) is 14.3. The van der Waals surface area contributed by atoms with E-state index in [2.05, 4.69) is 4.89 Å². The summed E-state index contributed by atoms with van der Waals surface area (Å²) in [6.45, 7) is 0. The quantitative estimate of drug-likeness (QED) is 0.448. The molecule has 0 amide bonds. The monoisotopic (exact) mass is 218 g/mol. The molecule has 5 heteroatoms. The summed E-state index contributed by atoms with van der Waals surface area (Å²) >= 11 is 0. The number of hydrogen-bond acceptors (Lipinski definition) is 3. The minimum Gasteiger partial charge on any atom is -0.448 e. The molecule has 0 atom stereocenters. The fourth-order valence-corrected chi connectivity index (χ4v) is 0. The summed E-state index contributed by atoms with van der Waals surface area (Å²) in [5.74, 6) is 0. The average Bonchev–Trinajstić information content (AvgIpc) is 1.38. The fourth-order valence-electron chi connectivity index (χ4n) is 0. The molecule has 6 heavy (non-hydrogen) atoms. The van der Waals surface area contributed by atoms with Gasteiger partial charge in [-0.3, -0.25) is 4.89 Å². The summed E-state index contributed by atoms with van der Waals surface area (Å²) in [5.41, 5.74) is 0. The summed E-state index contributed by atoms with van der Waals surface area (Å²) in [4.78, 5) is 11.6. The molecular weight excluding hydrogens is 216 g/mol. The molecule has 0 unspecified atom stereocenters. The van der Waals surface area contributed by atoms with Gasteiger partial charge in [0.1, 0.15) is 0 Å². The average molecular weight is 218 g/mol. The van der Waals surface area contributed by atoms with Gasteiger partial charge in [0.15, 0.2) is 0 Å². The van der Waals surface area contributed by atoms with E-state index in [4.69, 9.17) is 15.2 Å². The maximum absolute atomic E-state index is 8.90. The molecule has 0 aliphatic rings. The third-order valence-electron chi connectivity index (χ3n) is 0.0781. The molecule has 0 aliphatic heterocycles. The molecule has 0 aromatic carbocycles. The van der Waals surface area contributed by atoms with E-state index in [1.165, 1.54) is 0 Å². The van der Waals surface area contributed by atoms with Crippen molar-refractivity contribution < 1.29 is 61.8 Å². The number of carboxylic acid groups (broad SMARTS) is 1. The third kappa shape index (κ3) is 8.82. The smallest absolute Gasteiger partial charge is 0.448 e. The van der Waals surface area contributed by atoms with Crippen molar-refractivity contribution in [1.82, 2.24) is 0 Å². The van der Waals surface area contributed by atoms with E-state index < -0.39 is 6.16 Å². The van der Waals surface area contributed by atoms with Gasteiger partial charge < -0.3 is 5.11 Å². The second-order valence-electron chi connectivity index (χ2n) is 0.357. The molecule has 0 aromatic rings. The number of carbonyl (C=O) groups is 1. The second-order valence-corrected chi connectivity index (χ2v) is 0.357. The van der Waals surface area contributed by atoms with Crippen molar-refractivity contribution in [2.45, 2.75) is 0 Å². The van der Waals surface area contributed by atoms with E-state index in [1.54, 1.807) is 0 Å². The first-order valence-corrected chi connectivity index (χ1v) is 0.814. The molecule has 2 N–H and O–H groups in total. The number of hydrogen-bond donors (Lipinski definition) is 2. The van der Waals surface area contributed by atoms with Crippen LogP contribution >= 0.6 is 0 Å². The van der Waals surface area contributed by atoms with Crippen LogP contribution in [0.2, 0.25) is 0 Å². The van der Waals surface area contributed by atoms with Crippen LogP contribution < -0.4 is 0 Å². The molecule has 0 bridgehead atoms. The van der Waals surface area contributed by atoms with Gasteiger partial charge in [-0.25, -0.2) is 4.79 Å². The van der Waals surface area contributed by atoms with E-state index in [9.17, 15) is 0 Å². The first-order valence-electron chi connectivity index (χ1n) is 0.814. The normalized spacial score (nSPS) is 5.50. The van der Waals surface area contributed by atoms with Crippen molar-refractivity contribution in [3.63, 3.8) is 0 Å². The van der Waals surface area contributed by atoms with Gasteiger partial charge in [-0.15, -0.1) is 0 Å². The molecule has 0 saturated carbocycles. The van der Waals surface area contributed by atoms with Gasteiger partial charge in [0.2, 0.25) is 0 Å². The van der Waals surface area contributed by atoms with Crippen molar-refractivity contribution in [3.05, 3.63) is 0 Å². The Hall–Kier alpha value is 0.607. The third-order valence-corrected chi connectivity index (χ3v) is 0.0781. The molecule has 0 aliphatic carbocycles. The minimum absolute atomic E-state index is 0. The molecule has 0 aromatic heterocycles. The standard InChI is InChI=1S/CH2O4.Ce/c2-1(3)5-4;/h4H,(H,2,3);. The Morgan fingerprint density at radius 3 is 1.83 bits per heavy atom. The molecule has 0 saturated heterocycles. The molecule has 0 heterocycles. The van der Waals surface area contributed by atoms with E-state index in [-0.39, 0.29) is 41.7 Å². The predicted molar refractivity (Wildman–Crippen MR) is 11.7 cm³/mol. The van der Waals surface area contributed by atoms with Crippen LogP contribution in [0.3, 0.4) is 0 Å². The summed E-state index contributed by atoms with van der Waals surface area (Å²) in [6.07, 6.45) is -1.69. The molecule has 34 valence electrons. The summed E-state index contributed by atoms with van der Waals surface area (Å²) < 4.78 is 0. The first-order chi connectivity index (χ1) is 2.27. The largest absolute Gasteiger partial charge is 0.537 e. The summed E-state index contributed by atoms with van der Waals surface area (Å²) in [7, 11) is 0. The van der Waals surface area contributed by atoms with Gasteiger partial charge in [-0.2, -0.15) is 5.26 Å². The molecule has 0 radical (unpaired) electrons. The molecular formula is CH2CeO4. The Bertz CT molecular complexity index is 42.8. The topological polar surface area (TPSA) is 66.8 Å². The first kappa shape index (κ1) is 9.79. The van der Waals surface area contributed by atoms with Crippen LogP contribution in [0.4, 0.5) is 4.79 Å². The van der Waals surface area contributed by atoms with Gasteiger partial charge >= 0.3 is 6.16 Å². The van der Waals surface area contributed by atoms with Gasteiger partial charge in [0.25, 0.3) is 0 Å². The Labute approximate surface area is 67.4 Å². The number of rotatable bonds is 0. The Balaban J connectivity index is 0. The van der Waals surface area contributed by atoms with Crippen molar-refractivity contribution in [1.29, 1.82) is 0 Å². The molecule has 0 spiro atoms. The summed E-state index contributed by atoms with van der Waals surface area (Å²) in [6, 6.07) is 0. The Morgan fingerprint density at radius 2 is 1.83 bits per heavy atom. The second kappa shape index (κ2) is 5.61. The SMILES string of the molecule is O=C(O)OO.[Ce]. The zero-order chi connectivity index (χ0) is 4.28. The van der Waals surface area contributed by atoms with Gasteiger partial charge in [0, 0.05) is 41.7 Å². The predicted octanol–water partition coefficient (Wildman–Crippen LogP) is 0.154. The van der Waals surface area contributed by atoms with E-state index in [0.29, 0.717) is 0 Å². The minimum atomic E-state index is -1.69. The van der Waals surface area contributed by atoms with E-state index in [0.717, 1.165) is 0 Å². The van der Waals surface area contributed by atoms with Crippen LogP contribution in [0, 0.1) is 41.7 Å². The van der Waals surface area contributed by atoms with Crippen LogP contribution in [0.5, 0.6) is 0 Å². The fraction of sp³-hybridized carbons (Fsp3) is 0. The van der Waals surface area contributed by atoms with Crippen LogP contribution in [0.15, 0.2) is 0 Å². The molecule has 0 fully saturated rings. The molecule has 0 rings (SSSR count). The van der Waals surface area contributed by atoms with Crippen molar-refractivity contribution in [2.75, 3.05) is 0 Å². The molecule has 4 nitrogen and oxygen atoms in total.